The van der Waals surface area contributed by atoms with Crippen molar-refractivity contribution >= 4 is 35.0 Å². The van der Waals surface area contributed by atoms with E-state index in [-0.39, 0.29) is 30.2 Å². The van der Waals surface area contributed by atoms with Gasteiger partial charge in [-0.3, -0.25) is 9.79 Å². The summed E-state index contributed by atoms with van der Waals surface area (Å²) in [7, 11) is 0. The average molecular weight is 493 g/mol. The molecule has 0 bridgehead atoms. The largest absolute Gasteiger partial charge is 0.463 e. The molecule has 4 rings (SSSR count). The Kier molecular flexibility index (Phi) is 6.90. The van der Waals surface area contributed by atoms with Crippen LogP contribution in [0.1, 0.15) is 31.4 Å². The fourth-order valence-electron chi connectivity index (χ4n) is 4.13. The number of allylic oxidation sites excluding steroid dienone is 1. The zero-order valence-corrected chi connectivity index (χ0v) is 18.8. The standard InChI is InChI=1S/C23H20ClF3N4O3/c1-2-34-23(33)18-17-10-13(29-22(32)20(26)27)11-31(17)21(16-5-3-4-8-28-16)30-19(18)14-7-6-12(25)9-15(14)24/h3,6-9,13,19-20H,2,5,10-11H2,1H3,(H,29,32)/t13-,19-/m0/s1. The second-order valence-corrected chi connectivity index (χ2v) is 8.11. The van der Waals surface area contributed by atoms with Crippen molar-refractivity contribution in [3.8, 4) is 0 Å². The molecule has 1 saturated heterocycles. The van der Waals surface area contributed by atoms with Crippen molar-refractivity contribution in [1.82, 2.24) is 10.2 Å². The molecular formula is C23H20ClF3N4O3. The monoisotopic (exact) mass is 492 g/mol. The van der Waals surface area contributed by atoms with Gasteiger partial charge in [0.05, 0.1) is 30.1 Å². The molecule has 0 aliphatic carbocycles. The van der Waals surface area contributed by atoms with Crippen molar-refractivity contribution in [1.29, 1.82) is 0 Å². The predicted molar refractivity (Wildman–Crippen MR) is 119 cm³/mol. The van der Waals surface area contributed by atoms with Crippen LogP contribution in [0.25, 0.3) is 0 Å². The Morgan fingerprint density at radius 2 is 2.18 bits per heavy atom. The van der Waals surface area contributed by atoms with Gasteiger partial charge in [0.25, 0.3) is 5.91 Å². The molecule has 3 heterocycles. The highest BCUT2D eigenvalue weighted by molar-refractivity contribution is 6.42. The smallest absolute Gasteiger partial charge is 0.338 e. The molecule has 3 aliphatic heterocycles. The van der Waals surface area contributed by atoms with Crippen LogP contribution in [-0.4, -0.2) is 53.9 Å². The third-order valence-corrected chi connectivity index (χ3v) is 5.85. The number of hydrogen-bond acceptors (Lipinski definition) is 6. The number of halogens is 4. The summed E-state index contributed by atoms with van der Waals surface area (Å²) in [5.41, 5.74) is 4.40. The third-order valence-electron chi connectivity index (χ3n) is 5.52. The minimum atomic E-state index is -3.17. The number of carbonyl (C=O) groups excluding carboxylic acids is 2. The van der Waals surface area contributed by atoms with Crippen molar-refractivity contribution < 1.29 is 27.5 Å². The molecule has 3 aliphatic rings. The van der Waals surface area contributed by atoms with E-state index in [0.29, 0.717) is 29.2 Å². The molecule has 0 radical (unpaired) electrons. The zero-order chi connectivity index (χ0) is 24.4. The summed E-state index contributed by atoms with van der Waals surface area (Å²) in [5, 5.41) is 2.37. The molecule has 34 heavy (non-hydrogen) atoms. The van der Waals surface area contributed by atoms with E-state index in [1.807, 2.05) is 0 Å². The number of amidine groups is 1. The van der Waals surface area contributed by atoms with Crippen LogP contribution in [0, 0.1) is 5.82 Å². The number of hydrogen-bond donors (Lipinski definition) is 1. The number of amides is 1. The van der Waals surface area contributed by atoms with Crippen molar-refractivity contribution in [2.75, 3.05) is 13.2 Å². The summed E-state index contributed by atoms with van der Waals surface area (Å²) in [6.45, 7) is 1.84. The zero-order valence-electron chi connectivity index (χ0n) is 18.0. The molecule has 1 fully saturated rings. The van der Waals surface area contributed by atoms with E-state index in [1.54, 1.807) is 17.9 Å². The lowest BCUT2D eigenvalue weighted by molar-refractivity contribution is -0.139. The SMILES string of the molecule is CCOC(=O)C1=C2C[C@H](NC(=O)C(F)F)CN2C(C2=NC=C=CC2)=N[C@H]1c1ccc(F)cc1Cl. The molecule has 2 atom stereocenters. The van der Waals surface area contributed by atoms with Gasteiger partial charge < -0.3 is 15.0 Å². The minimum Gasteiger partial charge on any atom is -0.463 e. The quantitative estimate of drug-likeness (QED) is 0.484. The topological polar surface area (TPSA) is 83.4 Å². The van der Waals surface area contributed by atoms with Gasteiger partial charge in [0, 0.05) is 35.7 Å². The Morgan fingerprint density at radius 3 is 2.82 bits per heavy atom. The number of carbonyl (C=O) groups is 2. The van der Waals surface area contributed by atoms with Gasteiger partial charge in [-0.15, -0.1) is 5.73 Å². The highest BCUT2D eigenvalue weighted by Gasteiger charge is 2.43. The van der Waals surface area contributed by atoms with Gasteiger partial charge in [-0.2, -0.15) is 8.78 Å². The molecule has 1 amide bonds. The number of nitrogens with one attached hydrogen (secondary N) is 1. The molecule has 0 saturated carbocycles. The number of nitrogens with zero attached hydrogens (tertiary/aromatic N) is 3. The molecule has 7 nitrogen and oxygen atoms in total. The first-order valence-corrected chi connectivity index (χ1v) is 10.9. The van der Waals surface area contributed by atoms with Crippen LogP contribution in [0.5, 0.6) is 0 Å². The number of rotatable bonds is 6. The number of aliphatic imine (C=N–C) groups is 2. The summed E-state index contributed by atoms with van der Waals surface area (Å²) in [5.74, 6) is -2.22. The van der Waals surface area contributed by atoms with Crippen molar-refractivity contribution in [3.63, 3.8) is 0 Å². The van der Waals surface area contributed by atoms with Crippen LogP contribution in [0.3, 0.4) is 0 Å². The van der Waals surface area contributed by atoms with Gasteiger partial charge in [0.1, 0.15) is 11.9 Å². The molecule has 1 N–H and O–H groups in total. The van der Waals surface area contributed by atoms with Gasteiger partial charge >= 0.3 is 12.4 Å². The fourth-order valence-corrected chi connectivity index (χ4v) is 4.40. The lowest BCUT2D eigenvalue weighted by Gasteiger charge is -2.33. The van der Waals surface area contributed by atoms with Crippen molar-refractivity contribution in [3.05, 3.63) is 63.9 Å². The van der Waals surface area contributed by atoms with E-state index in [0.717, 1.165) is 6.07 Å². The first-order valence-electron chi connectivity index (χ1n) is 10.6. The highest BCUT2D eigenvalue weighted by Crippen LogP contribution is 2.42. The first-order chi connectivity index (χ1) is 16.3. The lowest BCUT2D eigenvalue weighted by atomic mass is 9.93. The van der Waals surface area contributed by atoms with Crippen LogP contribution in [0.2, 0.25) is 5.02 Å². The molecule has 1 aromatic carbocycles. The van der Waals surface area contributed by atoms with E-state index in [4.69, 9.17) is 21.3 Å². The Balaban J connectivity index is 1.85. The third kappa shape index (κ3) is 4.64. The molecule has 11 heteroatoms. The van der Waals surface area contributed by atoms with Crippen LogP contribution in [0.4, 0.5) is 13.2 Å². The Hall–Kier alpha value is -3.36. The summed E-state index contributed by atoms with van der Waals surface area (Å²) >= 11 is 6.33. The van der Waals surface area contributed by atoms with E-state index in [2.05, 4.69) is 16.0 Å². The second-order valence-electron chi connectivity index (χ2n) is 7.70. The van der Waals surface area contributed by atoms with Gasteiger partial charge in [-0.05, 0) is 25.1 Å². The molecule has 0 aromatic heterocycles. The number of ether oxygens (including phenoxy) is 1. The molecule has 0 unspecified atom stereocenters. The predicted octanol–water partition coefficient (Wildman–Crippen LogP) is 3.72. The summed E-state index contributed by atoms with van der Waals surface area (Å²) < 4.78 is 44.8. The normalized spacial score (nSPS) is 21.4. The number of alkyl halides is 2. The molecular weight excluding hydrogens is 473 g/mol. The summed E-state index contributed by atoms with van der Waals surface area (Å²) in [6, 6.07) is 2.11. The van der Waals surface area contributed by atoms with Gasteiger partial charge in [0.2, 0.25) is 0 Å². The highest BCUT2D eigenvalue weighted by atomic mass is 35.5. The Labute approximate surface area is 198 Å². The lowest BCUT2D eigenvalue weighted by Crippen LogP contribution is -2.43. The van der Waals surface area contributed by atoms with Crippen LogP contribution >= 0.6 is 11.6 Å². The molecule has 0 spiro atoms. The maximum Gasteiger partial charge on any atom is 0.338 e. The van der Waals surface area contributed by atoms with Crippen LogP contribution in [0.15, 0.2) is 57.5 Å². The van der Waals surface area contributed by atoms with Crippen LogP contribution in [-0.2, 0) is 14.3 Å². The number of fused-ring (bicyclic) bond motifs is 1. The number of esters is 1. The fraction of sp³-hybridized carbons (Fsp3) is 0.348. The average Bonchev–Trinajstić information content (AvgIpc) is 3.21. The van der Waals surface area contributed by atoms with Crippen molar-refractivity contribution in [2.24, 2.45) is 9.98 Å². The van der Waals surface area contributed by atoms with Gasteiger partial charge in [0.15, 0.2) is 5.84 Å². The van der Waals surface area contributed by atoms with Crippen molar-refractivity contribution in [2.45, 2.75) is 38.3 Å². The Bertz CT molecular complexity index is 1190. The van der Waals surface area contributed by atoms with Crippen LogP contribution < -0.4 is 5.32 Å². The van der Waals surface area contributed by atoms with E-state index in [9.17, 15) is 22.8 Å². The van der Waals surface area contributed by atoms with E-state index >= 15 is 0 Å². The molecule has 1 aromatic rings. The first kappa shape index (κ1) is 23.8. The van der Waals surface area contributed by atoms with Gasteiger partial charge in [-0.1, -0.05) is 17.7 Å². The summed E-state index contributed by atoms with van der Waals surface area (Å²) in [6.07, 6.45) is 0.526. The maximum atomic E-state index is 13.7. The van der Waals surface area contributed by atoms with E-state index < -0.39 is 36.2 Å². The second kappa shape index (κ2) is 9.87. The number of benzene rings is 1. The summed E-state index contributed by atoms with van der Waals surface area (Å²) in [4.78, 5) is 35.5. The minimum absolute atomic E-state index is 0.0647. The van der Waals surface area contributed by atoms with Gasteiger partial charge in [-0.25, -0.2) is 14.2 Å². The van der Waals surface area contributed by atoms with E-state index in [1.165, 1.54) is 18.3 Å². The Morgan fingerprint density at radius 1 is 1.38 bits per heavy atom. The maximum absolute atomic E-state index is 13.7. The molecule has 178 valence electrons.